The van der Waals surface area contributed by atoms with Gasteiger partial charge in [-0.2, -0.15) is 0 Å². The molecule has 0 amide bonds. The number of hydrogen-bond acceptors (Lipinski definition) is 5. The Labute approximate surface area is 353 Å². The van der Waals surface area contributed by atoms with E-state index in [2.05, 4.69) is 234 Å². The lowest BCUT2D eigenvalue weighted by Crippen LogP contribution is -2.45. The minimum Gasteiger partial charge on any atom is -0.350 e. The maximum Gasteiger partial charge on any atom is 0.132 e. The summed E-state index contributed by atoms with van der Waals surface area (Å²) in [7, 11) is 0. The number of nitrogens with zero attached hydrogens (tertiary/aromatic N) is 2. The molecule has 0 radical (unpaired) electrons. The van der Waals surface area contributed by atoms with Gasteiger partial charge in [0.05, 0.1) is 0 Å². The first kappa shape index (κ1) is 35.8. The Balaban J connectivity index is 1.04. The van der Waals surface area contributed by atoms with Crippen molar-refractivity contribution in [3.63, 3.8) is 0 Å². The number of anilines is 3. The Bertz CT molecular complexity index is 3150. The van der Waals surface area contributed by atoms with Gasteiger partial charge in [0.2, 0.25) is 0 Å². The van der Waals surface area contributed by atoms with Crippen LogP contribution in [-0.4, -0.2) is 5.84 Å². The van der Waals surface area contributed by atoms with E-state index in [1.165, 1.54) is 53.2 Å². The highest BCUT2D eigenvalue weighted by Crippen LogP contribution is 2.43. The Hall–Kier alpha value is -7.31. The van der Waals surface area contributed by atoms with Crippen LogP contribution in [0.3, 0.4) is 0 Å². The average molecular weight is 789 g/mol. The van der Waals surface area contributed by atoms with Crippen molar-refractivity contribution in [3.05, 3.63) is 235 Å². The van der Waals surface area contributed by atoms with E-state index in [0.29, 0.717) is 0 Å². The van der Waals surface area contributed by atoms with Crippen LogP contribution < -0.4 is 15.5 Å². The second-order valence-corrected chi connectivity index (χ2v) is 16.3. The summed E-state index contributed by atoms with van der Waals surface area (Å²) in [6.45, 7) is 0. The standard InChI is InChI=1S/C55H40N4S/c1-4-15-37(16-5-1)39-29-31-43(32-30-39)59(44-24-12-23-42(35-44)38-17-6-2-7-18-38)45-33-34-48-51(36-45)60-50-28-14-27-49(52(48)50)55-57-53(41-20-8-3-9-21-41)56-54(58-55)47-26-13-22-40-19-10-11-25-46(40)47/h1-36,53-54,56H,(H,57,58). The van der Waals surface area contributed by atoms with E-state index in [1.54, 1.807) is 0 Å². The van der Waals surface area contributed by atoms with Gasteiger partial charge in [-0.3, -0.25) is 5.32 Å². The zero-order valence-electron chi connectivity index (χ0n) is 32.7. The third-order valence-corrected chi connectivity index (χ3v) is 12.7. The molecule has 11 rings (SSSR count). The lowest BCUT2D eigenvalue weighted by atomic mass is 10.00. The molecule has 60 heavy (non-hydrogen) atoms. The van der Waals surface area contributed by atoms with Gasteiger partial charge in [0, 0.05) is 42.8 Å². The molecule has 1 aromatic heterocycles. The number of nitrogens with one attached hydrogen (secondary N) is 2. The number of aliphatic imine (C=N–C) groups is 1. The third kappa shape index (κ3) is 6.70. The summed E-state index contributed by atoms with van der Waals surface area (Å²) in [5.74, 6) is 0.882. The van der Waals surface area contributed by atoms with Crippen LogP contribution in [0.1, 0.15) is 29.0 Å². The average Bonchev–Trinajstić information content (AvgIpc) is 3.71. The molecule has 0 saturated carbocycles. The van der Waals surface area contributed by atoms with E-state index in [9.17, 15) is 0 Å². The molecule has 2 N–H and O–H groups in total. The van der Waals surface area contributed by atoms with Crippen molar-refractivity contribution in [3.8, 4) is 22.3 Å². The molecule has 2 heterocycles. The second kappa shape index (κ2) is 15.5. The maximum atomic E-state index is 5.46. The SMILES string of the molecule is c1ccc(-c2ccc(N(c3cccc(-c4ccccc4)c3)c3ccc4c(c3)sc3cccc(C5=NC(c6cccc7ccccc67)NC(c6ccccc6)N5)c34)cc2)cc1. The number of fused-ring (bicyclic) bond motifs is 4. The van der Waals surface area contributed by atoms with Gasteiger partial charge in [0.15, 0.2) is 0 Å². The molecule has 10 aromatic rings. The van der Waals surface area contributed by atoms with E-state index in [0.717, 1.165) is 39.6 Å². The lowest BCUT2D eigenvalue weighted by molar-refractivity contribution is 0.411. The Morgan fingerprint density at radius 2 is 1.07 bits per heavy atom. The Kier molecular flexibility index (Phi) is 9.23. The van der Waals surface area contributed by atoms with Gasteiger partial charge in [0.25, 0.3) is 0 Å². The van der Waals surface area contributed by atoms with Gasteiger partial charge in [0.1, 0.15) is 18.2 Å². The highest BCUT2D eigenvalue weighted by Gasteiger charge is 2.28. The normalized spacial score (nSPS) is 15.2. The first-order valence-corrected chi connectivity index (χ1v) is 21.2. The van der Waals surface area contributed by atoms with Crippen LogP contribution in [0, 0.1) is 0 Å². The van der Waals surface area contributed by atoms with Crippen LogP contribution in [0.4, 0.5) is 17.1 Å². The van der Waals surface area contributed by atoms with Crippen LogP contribution in [-0.2, 0) is 0 Å². The molecule has 0 spiro atoms. The van der Waals surface area contributed by atoms with Gasteiger partial charge in [-0.1, -0.05) is 176 Å². The molecule has 1 aliphatic heterocycles. The Morgan fingerprint density at radius 3 is 1.87 bits per heavy atom. The van der Waals surface area contributed by atoms with E-state index in [1.807, 2.05) is 11.3 Å². The number of hydrogen-bond donors (Lipinski definition) is 2. The molecule has 0 bridgehead atoms. The van der Waals surface area contributed by atoms with Crippen molar-refractivity contribution in [1.82, 2.24) is 10.6 Å². The van der Waals surface area contributed by atoms with Crippen LogP contribution in [0.2, 0.25) is 0 Å². The summed E-state index contributed by atoms with van der Waals surface area (Å²) in [6.07, 6.45) is -0.388. The highest BCUT2D eigenvalue weighted by molar-refractivity contribution is 7.26. The summed E-state index contributed by atoms with van der Waals surface area (Å²) in [5, 5.41) is 12.5. The monoisotopic (exact) mass is 788 g/mol. The second-order valence-electron chi connectivity index (χ2n) is 15.2. The molecule has 9 aromatic carbocycles. The quantitative estimate of drug-likeness (QED) is 0.161. The van der Waals surface area contributed by atoms with Crippen molar-refractivity contribution >= 4 is 65.2 Å². The fraction of sp³-hybridized carbons (Fsp3) is 0.0364. The first-order valence-electron chi connectivity index (χ1n) is 20.4. The highest BCUT2D eigenvalue weighted by atomic mass is 32.1. The van der Waals surface area contributed by atoms with Gasteiger partial charge in [-0.05, 0) is 86.6 Å². The maximum absolute atomic E-state index is 5.46. The molecule has 5 heteroatoms. The van der Waals surface area contributed by atoms with Crippen LogP contribution in [0.15, 0.2) is 223 Å². The van der Waals surface area contributed by atoms with E-state index in [-0.39, 0.29) is 12.3 Å². The minimum atomic E-state index is -0.252. The molecule has 0 fully saturated rings. The van der Waals surface area contributed by atoms with Crippen LogP contribution >= 0.6 is 11.3 Å². The molecule has 4 nitrogen and oxygen atoms in total. The molecular weight excluding hydrogens is 749 g/mol. The predicted octanol–water partition coefficient (Wildman–Crippen LogP) is 14.3. The summed E-state index contributed by atoms with van der Waals surface area (Å²) >= 11 is 1.83. The van der Waals surface area contributed by atoms with Crippen molar-refractivity contribution in [1.29, 1.82) is 0 Å². The molecule has 1 aliphatic rings. The number of benzene rings is 9. The van der Waals surface area contributed by atoms with Gasteiger partial charge in [-0.15, -0.1) is 11.3 Å². The van der Waals surface area contributed by atoms with Gasteiger partial charge in [-0.25, -0.2) is 4.99 Å². The number of amidine groups is 1. The van der Waals surface area contributed by atoms with Crippen molar-refractivity contribution in [2.75, 3.05) is 4.90 Å². The lowest BCUT2D eigenvalue weighted by Gasteiger charge is -2.33. The van der Waals surface area contributed by atoms with Crippen molar-refractivity contribution in [2.45, 2.75) is 12.3 Å². The zero-order valence-corrected chi connectivity index (χ0v) is 33.6. The largest absolute Gasteiger partial charge is 0.350 e. The molecule has 0 saturated heterocycles. The first-order chi connectivity index (χ1) is 29.7. The summed E-state index contributed by atoms with van der Waals surface area (Å²) in [5.41, 5.74) is 11.5. The topological polar surface area (TPSA) is 39.7 Å². The summed E-state index contributed by atoms with van der Waals surface area (Å²) in [4.78, 5) is 7.84. The van der Waals surface area contributed by atoms with Crippen LogP contribution in [0.25, 0.3) is 53.2 Å². The molecular formula is C55H40N4S. The smallest absolute Gasteiger partial charge is 0.132 e. The minimum absolute atomic E-state index is 0.136. The summed E-state index contributed by atoms with van der Waals surface area (Å²) in [6, 6.07) is 78.2. The van der Waals surface area contributed by atoms with Crippen molar-refractivity contribution in [2.24, 2.45) is 4.99 Å². The number of thiophene rings is 1. The molecule has 0 aliphatic carbocycles. The fourth-order valence-corrected chi connectivity index (χ4v) is 9.81. The molecule has 2 atom stereocenters. The number of rotatable bonds is 8. The van der Waals surface area contributed by atoms with Crippen LogP contribution in [0.5, 0.6) is 0 Å². The Morgan fingerprint density at radius 1 is 0.450 bits per heavy atom. The van der Waals surface area contributed by atoms with E-state index in [4.69, 9.17) is 4.99 Å². The molecule has 2 unspecified atom stereocenters. The van der Waals surface area contributed by atoms with Crippen molar-refractivity contribution < 1.29 is 0 Å². The third-order valence-electron chi connectivity index (χ3n) is 11.6. The van der Waals surface area contributed by atoms with E-state index >= 15 is 0 Å². The fourth-order valence-electron chi connectivity index (χ4n) is 8.65. The van der Waals surface area contributed by atoms with E-state index < -0.39 is 0 Å². The molecule has 286 valence electrons. The predicted molar refractivity (Wildman–Crippen MR) is 254 cm³/mol. The van der Waals surface area contributed by atoms with Gasteiger partial charge >= 0.3 is 0 Å². The van der Waals surface area contributed by atoms with Gasteiger partial charge < -0.3 is 10.2 Å². The summed E-state index contributed by atoms with van der Waals surface area (Å²) < 4.78 is 2.45. The zero-order chi connectivity index (χ0) is 39.8.